The first kappa shape index (κ1) is 12.9. The molecule has 5 heteroatoms. The van der Waals surface area contributed by atoms with Crippen molar-refractivity contribution in [3.8, 4) is 0 Å². The fourth-order valence-corrected chi connectivity index (χ4v) is 1.30. The Labute approximate surface area is 80.5 Å². The van der Waals surface area contributed by atoms with Gasteiger partial charge in [0.25, 0.3) is 0 Å². The van der Waals surface area contributed by atoms with Crippen LogP contribution in [-0.4, -0.2) is 27.4 Å². The van der Waals surface area contributed by atoms with Gasteiger partial charge in [-0.05, 0) is 18.8 Å². The second-order valence-corrected chi connectivity index (χ2v) is 5.25. The maximum absolute atomic E-state index is 10.5. The molecule has 80 valence electrons. The van der Waals surface area contributed by atoms with Gasteiger partial charge in [-0.3, -0.25) is 0 Å². The van der Waals surface area contributed by atoms with Crippen molar-refractivity contribution in [2.45, 2.75) is 26.7 Å². The fraction of sp³-hybridized carbons (Fsp3) is 1.00. The summed E-state index contributed by atoms with van der Waals surface area (Å²) in [5.74, 6) is 0.632. The van der Waals surface area contributed by atoms with E-state index in [-0.39, 0.29) is 5.75 Å². The van der Waals surface area contributed by atoms with Gasteiger partial charge in [0.15, 0.2) is 0 Å². The number of nitrogens with two attached hydrogens (primary N) is 1. The molecule has 0 atom stereocenters. The van der Waals surface area contributed by atoms with E-state index in [2.05, 4.69) is 13.8 Å². The molecule has 0 aromatic heterocycles. The second kappa shape index (κ2) is 6.34. The maximum atomic E-state index is 10.5. The van der Waals surface area contributed by atoms with Crippen LogP contribution in [0, 0.1) is 5.92 Å². The Hall–Kier alpha value is -0.130. The fourth-order valence-electron chi connectivity index (χ4n) is 0.783. The molecule has 0 saturated carbocycles. The number of ether oxygens (including phenoxy) is 1. The predicted molar refractivity (Wildman–Crippen MR) is 52.9 cm³/mol. The molecular formula is C8H19NO3S. The maximum Gasteiger partial charge on any atom is 0.209 e. The van der Waals surface area contributed by atoms with Crippen LogP contribution in [0.3, 0.4) is 0 Å². The molecule has 0 aliphatic carbocycles. The highest BCUT2D eigenvalue weighted by Gasteiger charge is 2.01. The van der Waals surface area contributed by atoms with Gasteiger partial charge >= 0.3 is 0 Å². The molecule has 0 aromatic rings. The minimum atomic E-state index is -3.31. The first-order chi connectivity index (χ1) is 5.92. The van der Waals surface area contributed by atoms with Gasteiger partial charge in [0.2, 0.25) is 10.0 Å². The molecular weight excluding hydrogens is 190 g/mol. The summed E-state index contributed by atoms with van der Waals surface area (Å²) in [4.78, 5) is 0. The Kier molecular flexibility index (Phi) is 6.28. The molecule has 0 amide bonds. The largest absolute Gasteiger partial charge is 0.381 e. The standard InChI is InChI=1S/C8H19NO3S/c1-8(2)4-6-12-5-3-7-13(9,10)11/h8H,3-7H2,1-2H3,(H2,9,10,11). The Morgan fingerprint density at radius 1 is 1.31 bits per heavy atom. The van der Waals surface area contributed by atoms with E-state index >= 15 is 0 Å². The number of rotatable bonds is 7. The Morgan fingerprint density at radius 2 is 1.92 bits per heavy atom. The Morgan fingerprint density at radius 3 is 2.38 bits per heavy atom. The monoisotopic (exact) mass is 209 g/mol. The third-order valence-electron chi connectivity index (χ3n) is 1.56. The molecule has 0 aromatic carbocycles. The summed E-state index contributed by atoms with van der Waals surface area (Å²) in [6, 6.07) is 0. The van der Waals surface area contributed by atoms with Crippen molar-refractivity contribution < 1.29 is 13.2 Å². The average molecular weight is 209 g/mol. The van der Waals surface area contributed by atoms with E-state index < -0.39 is 10.0 Å². The SMILES string of the molecule is CC(C)CCOCCCS(N)(=O)=O. The Balaban J connectivity index is 3.18. The van der Waals surface area contributed by atoms with E-state index in [9.17, 15) is 8.42 Å². The topological polar surface area (TPSA) is 69.4 Å². The van der Waals surface area contributed by atoms with E-state index in [0.29, 0.717) is 25.6 Å². The highest BCUT2D eigenvalue weighted by Crippen LogP contribution is 1.99. The molecule has 0 spiro atoms. The van der Waals surface area contributed by atoms with Crippen LogP contribution in [0.5, 0.6) is 0 Å². The normalized spacial score (nSPS) is 12.3. The van der Waals surface area contributed by atoms with Crippen molar-refractivity contribution in [3.63, 3.8) is 0 Å². The molecule has 13 heavy (non-hydrogen) atoms. The highest BCUT2D eigenvalue weighted by molar-refractivity contribution is 7.89. The summed E-state index contributed by atoms with van der Waals surface area (Å²) in [6.45, 7) is 5.41. The van der Waals surface area contributed by atoms with Crippen LogP contribution in [0.25, 0.3) is 0 Å². The zero-order valence-corrected chi connectivity index (χ0v) is 9.14. The van der Waals surface area contributed by atoms with Crippen LogP contribution in [0.15, 0.2) is 0 Å². The third kappa shape index (κ3) is 11.9. The van der Waals surface area contributed by atoms with Gasteiger partial charge in [-0.25, -0.2) is 13.6 Å². The smallest absolute Gasteiger partial charge is 0.209 e. The van der Waals surface area contributed by atoms with Crippen LogP contribution in [0.1, 0.15) is 26.7 Å². The van der Waals surface area contributed by atoms with Crippen molar-refractivity contribution in [3.05, 3.63) is 0 Å². The molecule has 0 radical (unpaired) electrons. The summed E-state index contributed by atoms with van der Waals surface area (Å²) < 4.78 is 26.2. The quantitative estimate of drug-likeness (QED) is 0.628. The number of hydrogen-bond donors (Lipinski definition) is 1. The minimum absolute atomic E-state index is 0.00861. The Bertz CT molecular complexity index is 211. The molecule has 0 saturated heterocycles. The molecule has 0 rings (SSSR count). The summed E-state index contributed by atoms with van der Waals surface area (Å²) in [5, 5.41) is 4.82. The third-order valence-corrected chi connectivity index (χ3v) is 2.41. The van der Waals surface area contributed by atoms with Crippen molar-refractivity contribution in [2.24, 2.45) is 11.1 Å². The molecule has 0 bridgehead atoms. The van der Waals surface area contributed by atoms with Gasteiger partial charge in [0.05, 0.1) is 5.75 Å². The van der Waals surface area contributed by atoms with Gasteiger partial charge in [0.1, 0.15) is 0 Å². The van der Waals surface area contributed by atoms with E-state index in [1.807, 2.05) is 0 Å². The predicted octanol–water partition coefficient (Wildman–Crippen LogP) is 0.728. The number of primary sulfonamides is 1. The summed E-state index contributed by atoms with van der Waals surface area (Å²) in [7, 11) is -3.31. The number of hydrogen-bond acceptors (Lipinski definition) is 3. The van der Waals surface area contributed by atoms with Crippen molar-refractivity contribution in [2.75, 3.05) is 19.0 Å². The van der Waals surface area contributed by atoms with E-state index in [1.165, 1.54) is 0 Å². The molecule has 0 aliphatic rings. The summed E-state index contributed by atoms with van der Waals surface area (Å²) >= 11 is 0. The van der Waals surface area contributed by atoms with Gasteiger partial charge < -0.3 is 4.74 Å². The molecule has 0 unspecified atom stereocenters. The highest BCUT2D eigenvalue weighted by atomic mass is 32.2. The lowest BCUT2D eigenvalue weighted by Gasteiger charge is -2.05. The lowest BCUT2D eigenvalue weighted by Crippen LogP contribution is -2.17. The molecule has 0 fully saturated rings. The van der Waals surface area contributed by atoms with E-state index in [1.54, 1.807) is 0 Å². The second-order valence-electron chi connectivity index (χ2n) is 3.52. The number of sulfonamides is 1. The van der Waals surface area contributed by atoms with Crippen LogP contribution >= 0.6 is 0 Å². The van der Waals surface area contributed by atoms with E-state index in [4.69, 9.17) is 9.88 Å². The van der Waals surface area contributed by atoms with Crippen molar-refractivity contribution in [1.82, 2.24) is 0 Å². The minimum Gasteiger partial charge on any atom is -0.381 e. The average Bonchev–Trinajstić information content (AvgIpc) is 1.93. The molecule has 4 nitrogen and oxygen atoms in total. The van der Waals surface area contributed by atoms with Gasteiger partial charge in [-0.2, -0.15) is 0 Å². The van der Waals surface area contributed by atoms with Gasteiger partial charge in [0, 0.05) is 13.2 Å². The first-order valence-corrected chi connectivity index (χ1v) is 6.21. The van der Waals surface area contributed by atoms with Crippen LogP contribution in [-0.2, 0) is 14.8 Å². The lowest BCUT2D eigenvalue weighted by atomic mass is 10.1. The summed E-state index contributed by atoms with van der Waals surface area (Å²) in [5.41, 5.74) is 0. The van der Waals surface area contributed by atoms with Crippen molar-refractivity contribution in [1.29, 1.82) is 0 Å². The van der Waals surface area contributed by atoms with Crippen LogP contribution in [0.2, 0.25) is 0 Å². The van der Waals surface area contributed by atoms with Gasteiger partial charge in [-0.15, -0.1) is 0 Å². The van der Waals surface area contributed by atoms with Crippen molar-refractivity contribution >= 4 is 10.0 Å². The molecule has 2 N–H and O–H groups in total. The molecule has 0 heterocycles. The van der Waals surface area contributed by atoms with Crippen LogP contribution in [0.4, 0.5) is 0 Å². The van der Waals surface area contributed by atoms with Gasteiger partial charge in [-0.1, -0.05) is 13.8 Å². The first-order valence-electron chi connectivity index (χ1n) is 4.50. The summed E-state index contributed by atoms with van der Waals surface area (Å²) in [6.07, 6.45) is 1.49. The zero-order valence-electron chi connectivity index (χ0n) is 8.32. The van der Waals surface area contributed by atoms with Crippen LogP contribution < -0.4 is 5.14 Å². The molecule has 0 aliphatic heterocycles. The van der Waals surface area contributed by atoms with E-state index in [0.717, 1.165) is 6.42 Å². The zero-order chi connectivity index (χ0) is 10.3. The lowest BCUT2D eigenvalue weighted by molar-refractivity contribution is 0.124.